The SMILES string of the molecule is CC(NC(=O)CC1CSCCN1)c1ccc(OCc2ccc(F)cc2)cc1. The summed E-state index contributed by atoms with van der Waals surface area (Å²) < 4.78 is 18.6. The monoisotopic (exact) mass is 388 g/mol. The zero-order valence-corrected chi connectivity index (χ0v) is 16.2. The predicted molar refractivity (Wildman–Crippen MR) is 107 cm³/mol. The van der Waals surface area contributed by atoms with Crippen LogP contribution in [0.5, 0.6) is 5.75 Å². The summed E-state index contributed by atoms with van der Waals surface area (Å²) in [7, 11) is 0. The summed E-state index contributed by atoms with van der Waals surface area (Å²) in [5.74, 6) is 2.66. The van der Waals surface area contributed by atoms with E-state index >= 15 is 0 Å². The highest BCUT2D eigenvalue weighted by Crippen LogP contribution is 2.19. The number of carbonyl (C=O) groups excluding carboxylic acids is 1. The molecule has 0 aliphatic carbocycles. The molecule has 0 aromatic heterocycles. The number of carbonyl (C=O) groups is 1. The second-order valence-corrected chi connectivity index (χ2v) is 7.85. The predicted octanol–water partition coefficient (Wildman–Crippen LogP) is 3.68. The first kappa shape index (κ1) is 19.7. The fourth-order valence-corrected chi connectivity index (χ4v) is 3.91. The quantitative estimate of drug-likeness (QED) is 0.760. The third-order valence-electron chi connectivity index (χ3n) is 4.51. The molecular formula is C21H25FN2O2S. The largest absolute Gasteiger partial charge is 0.489 e. The topological polar surface area (TPSA) is 50.4 Å². The minimum Gasteiger partial charge on any atom is -0.489 e. The van der Waals surface area contributed by atoms with Gasteiger partial charge in [-0.15, -0.1) is 0 Å². The lowest BCUT2D eigenvalue weighted by molar-refractivity contribution is -0.122. The molecule has 0 bridgehead atoms. The first-order valence-electron chi connectivity index (χ1n) is 9.18. The van der Waals surface area contributed by atoms with Gasteiger partial charge in [-0.2, -0.15) is 11.8 Å². The maximum Gasteiger partial charge on any atom is 0.222 e. The van der Waals surface area contributed by atoms with Crippen LogP contribution in [0.25, 0.3) is 0 Å². The molecular weight excluding hydrogens is 363 g/mol. The maximum absolute atomic E-state index is 12.9. The van der Waals surface area contributed by atoms with E-state index in [2.05, 4.69) is 10.6 Å². The van der Waals surface area contributed by atoms with Crippen LogP contribution in [0.3, 0.4) is 0 Å². The van der Waals surface area contributed by atoms with Gasteiger partial charge >= 0.3 is 0 Å². The van der Waals surface area contributed by atoms with Gasteiger partial charge < -0.3 is 15.4 Å². The van der Waals surface area contributed by atoms with E-state index in [-0.39, 0.29) is 23.8 Å². The number of halogens is 1. The van der Waals surface area contributed by atoms with Crippen LogP contribution in [0.1, 0.15) is 30.5 Å². The van der Waals surface area contributed by atoms with Crippen molar-refractivity contribution in [2.24, 2.45) is 0 Å². The molecule has 6 heteroatoms. The average Bonchev–Trinajstić information content (AvgIpc) is 2.68. The molecule has 1 amide bonds. The van der Waals surface area contributed by atoms with Crippen molar-refractivity contribution in [2.45, 2.75) is 32.0 Å². The second-order valence-electron chi connectivity index (χ2n) is 6.70. The molecule has 0 saturated carbocycles. The van der Waals surface area contributed by atoms with E-state index in [9.17, 15) is 9.18 Å². The van der Waals surface area contributed by atoms with Gasteiger partial charge in [-0.05, 0) is 42.3 Å². The molecule has 0 radical (unpaired) electrons. The molecule has 27 heavy (non-hydrogen) atoms. The minimum atomic E-state index is -0.253. The van der Waals surface area contributed by atoms with Crippen LogP contribution in [-0.2, 0) is 11.4 Å². The van der Waals surface area contributed by atoms with Gasteiger partial charge in [0.1, 0.15) is 18.2 Å². The summed E-state index contributed by atoms with van der Waals surface area (Å²) in [6, 6.07) is 14.2. The van der Waals surface area contributed by atoms with E-state index in [1.54, 1.807) is 12.1 Å². The Labute approximate surface area is 163 Å². The van der Waals surface area contributed by atoms with Crippen molar-refractivity contribution in [3.63, 3.8) is 0 Å². The van der Waals surface area contributed by atoms with Gasteiger partial charge in [0.05, 0.1) is 6.04 Å². The number of benzene rings is 2. The normalized spacial score (nSPS) is 17.9. The number of hydrogen-bond acceptors (Lipinski definition) is 4. The van der Waals surface area contributed by atoms with E-state index in [0.717, 1.165) is 34.9 Å². The molecule has 4 nitrogen and oxygen atoms in total. The van der Waals surface area contributed by atoms with Crippen molar-refractivity contribution in [2.75, 3.05) is 18.1 Å². The fourth-order valence-electron chi connectivity index (χ4n) is 2.96. The summed E-state index contributed by atoms with van der Waals surface area (Å²) in [5.41, 5.74) is 1.94. The Balaban J connectivity index is 1.46. The Kier molecular flexibility index (Phi) is 7.12. The summed E-state index contributed by atoms with van der Waals surface area (Å²) >= 11 is 1.89. The molecule has 1 saturated heterocycles. The van der Waals surface area contributed by atoms with Crippen molar-refractivity contribution < 1.29 is 13.9 Å². The molecule has 0 spiro atoms. The van der Waals surface area contributed by atoms with E-state index in [0.29, 0.717) is 13.0 Å². The van der Waals surface area contributed by atoms with Crippen molar-refractivity contribution in [3.8, 4) is 5.75 Å². The molecule has 1 heterocycles. The smallest absolute Gasteiger partial charge is 0.222 e. The molecule has 3 rings (SSSR count). The highest BCUT2D eigenvalue weighted by atomic mass is 32.2. The van der Waals surface area contributed by atoms with E-state index < -0.39 is 0 Å². The lowest BCUT2D eigenvalue weighted by atomic mass is 10.1. The Morgan fingerprint density at radius 3 is 2.67 bits per heavy atom. The first-order valence-corrected chi connectivity index (χ1v) is 10.3. The lowest BCUT2D eigenvalue weighted by Gasteiger charge is -2.23. The van der Waals surface area contributed by atoms with Crippen molar-refractivity contribution >= 4 is 17.7 Å². The van der Waals surface area contributed by atoms with Crippen LogP contribution < -0.4 is 15.4 Å². The van der Waals surface area contributed by atoms with Gasteiger partial charge in [0, 0.05) is 30.5 Å². The van der Waals surface area contributed by atoms with Crippen LogP contribution >= 0.6 is 11.8 Å². The second kappa shape index (κ2) is 9.76. The van der Waals surface area contributed by atoms with Crippen LogP contribution in [0.4, 0.5) is 4.39 Å². The number of nitrogens with one attached hydrogen (secondary N) is 2. The van der Waals surface area contributed by atoms with Gasteiger partial charge in [0.2, 0.25) is 5.91 Å². The van der Waals surface area contributed by atoms with Gasteiger partial charge in [0.15, 0.2) is 0 Å². The molecule has 2 N–H and O–H groups in total. The zero-order chi connectivity index (χ0) is 19.1. The van der Waals surface area contributed by atoms with Crippen LogP contribution in [0.15, 0.2) is 48.5 Å². The molecule has 1 aliphatic rings. The highest BCUT2D eigenvalue weighted by Gasteiger charge is 2.18. The van der Waals surface area contributed by atoms with Gasteiger partial charge in [-0.25, -0.2) is 4.39 Å². The molecule has 1 fully saturated rings. The third-order valence-corrected chi connectivity index (χ3v) is 5.64. The Morgan fingerprint density at radius 2 is 2.00 bits per heavy atom. The molecule has 2 aromatic rings. The minimum absolute atomic E-state index is 0.0557. The van der Waals surface area contributed by atoms with Gasteiger partial charge in [0.25, 0.3) is 0 Å². The number of amides is 1. The summed E-state index contributed by atoms with van der Waals surface area (Å²) in [6.07, 6.45) is 0.510. The molecule has 2 aromatic carbocycles. The number of ether oxygens (including phenoxy) is 1. The number of thioether (sulfide) groups is 1. The molecule has 2 atom stereocenters. The average molecular weight is 389 g/mol. The van der Waals surface area contributed by atoms with Crippen LogP contribution in [-0.4, -0.2) is 30.0 Å². The molecule has 144 valence electrons. The van der Waals surface area contributed by atoms with Crippen LogP contribution in [0, 0.1) is 5.82 Å². The Bertz CT molecular complexity index is 731. The molecule has 2 unspecified atom stereocenters. The number of rotatable bonds is 7. The summed E-state index contributed by atoms with van der Waals surface area (Å²) in [6.45, 7) is 3.34. The number of hydrogen-bond donors (Lipinski definition) is 2. The third kappa shape index (κ3) is 6.26. The van der Waals surface area contributed by atoms with Crippen molar-refractivity contribution in [1.29, 1.82) is 0 Å². The van der Waals surface area contributed by atoms with Gasteiger partial charge in [-0.1, -0.05) is 24.3 Å². The highest BCUT2D eigenvalue weighted by molar-refractivity contribution is 7.99. The van der Waals surface area contributed by atoms with Gasteiger partial charge in [-0.3, -0.25) is 4.79 Å². The summed E-state index contributed by atoms with van der Waals surface area (Å²) in [4.78, 5) is 12.2. The maximum atomic E-state index is 12.9. The van der Waals surface area contributed by atoms with Crippen molar-refractivity contribution in [3.05, 3.63) is 65.5 Å². The lowest BCUT2D eigenvalue weighted by Crippen LogP contribution is -2.41. The zero-order valence-electron chi connectivity index (χ0n) is 15.4. The summed E-state index contributed by atoms with van der Waals surface area (Å²) in [5, 5.41) is 6.44. The van der Waals surface area contributed by atoms with E-state index in [4.69, 9.17) is 4.74 Å². The first-order chi connectivity index (χ1) is 13.1. The Morgan fingerprint density at radius 1 is 1.26 bits per heavy atom. The fraction of sp³-hybridized carbons (Fsp3) is 0.381. The standard InChI is InChI=1S/C21H25FN2O2S/c1-15(24-21(25)12-19-14-27-11-10-23-19)17-4-8-20(9-5-17)26-13-16-2-6-18(22)7-3-16/h2-9,15,19,23H,10-14H2,1H3,(H,24,25). The molecule has 1 aliphatic heterocycles. The van der Waals surface area contributed by atoms with Crippen LogP contribution in [0.2, 0.25) is 0 Å². The Hall–Kier alpha value is -2.05. The van der Waals surface area contributed by atoms with E-state index in [1.165, 1.54) is 12.1 Å². The van der Waals surface area contributed by atoms with E-state index in [1.807, 2.05) is 43.0 Å². The van der Waals surface area contributed by atoms with Crippen molar-refractivity contribution in [1.82, 2.24) is 10.6 Å².